The molecule has 0 fully saturated rings. The van der Waals surface area contributed by atoms with Gasteiger partial charge in [0, 0.05) is 0 Å². The molecule has 0 aromatic rings. The summed E-state index contributed by atoms with van der Waals surface area (Å²) in [7, 11) is 0. The normalized spacial score (nSPS) is 11.9. The van der Waals surface area contributed by atoms with Gasteiger partial charge in [-0.1, -0.05) is 13.8 Å². The van der Waals surface area contributed by atoms with Crippen molar-refractivity contribution in [1.29, 1.82) is 0 Å². The number of alkyl halides is 3. The summed E-state index contributed by atoms with van der Waals surface area (Å²) in [5.74, 6) is -0.466. The Morgan fingerprint density at radius 1 is 1.40 bits per heavy atom. The van der Waals surface area contributed by atoms with Crippen molar-refractivity contribution < 1.29 is 22.8 Å². The highest BCUT2D eigenvalue weighted by Gasteiger charge is 2.27. The highest BCUT2D eigenvalue weighted by molar-refractivity contribution is 5.77. The average molecular weight is 228 g/mol. The summed E-state index contributed by atoms with van der Waals surface area (Å²) >= 11 is 0. The van der Waals surface area contributed by atoms with E-state index in [1.807, 2.05) is 13.8 Å². The Morgan fingerprint density at radius 3 is 2.47 bits per heavy atom. The molecule has 0 aliphatic rings. The Kier molecular flexibility index (Phi) is 6.26. The molecule has 4 nitrogen and oxygen atoms in total. The summed E-state index contributed by atoms with van der Waals surface area (Å²) in [5, 5.41) is 1.70. The molecule has 90 valence electrons. The third-order valence-corrected chi connectivity index (χ3v) is 1.24. The molecule has 0 spiro atoms. The molecule has 0 atom stereocenters. The van der Waals surface area contributed by atoms with E-state index in [2.05, 4.69) is 5.48 Å². The molecule has 2 N–H and O–H groups in total. The highest BCUT2D eigenvalue weighted by Crippen LogP contribution is 2.11. The van der Waals surface area contributed by atoms with Crippen molar-refractivity contribution in [2.75, 3.05) is 19.7 Å². The van der Waals surface area contributed by atoms with Crippen LogP contribution in [0.25, 0.3) is 0 Å². The first-order valence-electron chi connectivity index (χ1n) is 4.49. The van der Waals surface area contributed by atoms with E-state index in [0.29, 0.717) is 6.61 Å². The molecule has 0 aliphatic heterocycles. The monoisotopic (exact) mass is 228 g/mol. The maximum absolute atomic E-state index is 11.6. The maximum atomic E-state index is 11.6. The smallest absolute Gasteiger partial charge is 0.346 e. The van der Waals surface area contributed by atoms with Crippen molar-refractivity contribution in [3.8, 4) is 0 Å². The van der Waals surface area contributed by atoms with Crippen LogP contribution in [0.15, 0.2) is 0 Å². The number of carbonyl (C=O) groups excluding carboxylic acids is 1. The summed E-state index contributed by atoms with van der Waals surface area (Å²) in [6.45, 7) is 2.60. The van der Waals surface area contributed by atoms with Crippen molar-refractivity contribution in [3.63, 3.8) is 0 Å². The summed E-state index contributed by atoms with van der Waals surface area (Å²) in [6.07, 6.45) is -4.38. The number of halogens is 3. The molecule has 0 bridgehead atoms. The van der Waals surface area contributed by atoms with E-state index in [1.165, 1.54) is 0 Å². The predicted octanol–water partition coefficient (Wildman–Crippen LogP) is 0.842. The zero-order valence-corrected chi connectivity index (χ0v) is 8.65. The van der Waals surface area contributed by atoms with E-state index in [4.69, 9.17) is 4.84 Å². The molecule has 7 heteroatoms. The van der Waals surface area contributed by atoms with Gasteiger partial charge in [0.15, 0.2) is 0 Å². The van der Waals surface area contributed by atoms with Gasteiger partial charge < -0.3 is 10.2 Å². The fourth-order valence-electron chi connectivity index (χ4n) is 0.603. The summed E-state index contributed by atoms with van der Waals surface area (Å²) < 4.78 is 34.9. The van der Waals surface area contributed by atoms with Crippen LogP contribution < -0.4 is 10.8 Å². The summed E-state index contributed by atoms with van der Waals surface area (Å²) in [5.41, 5.74) is 2.27. The second kappa shape index (κ2) is 6.62. The number of amides is 1. The SMILES string of the molecule is CC(C)CONCC(=O)NCC(F)(F)F. The third-order valence-electron chi connectivity index (χ3n) is 1.24. The molecule has 0 aliphatic carbocycles. The quantitative estimate of drug-likeness (QED) is 0.523. The summed E-state index contributed by atoms with van der Waals surface area (Å²) in [6, 6.07) is 0. The number of hydroxylamine groups is 1. The Balaban J connectivity index is 3.42. The maximum Gasteiger partial charge on any atom is 0.405 e. The molecule has 15 heavy (non-hydrogen) atoms. The Bertz CT molecular complexity index is 195. The van der Waals surface area contributed by atoms with E-state index in [0.717, 1.165) is 0 Å². The average Bonchev–Trinajstić information content (AvgIpc) is 2.07. The van der Waals surface area contributed by atoms with E-state index in [9.17, 15) is 18.0 Å². The Hall–Kier alpha value is -0.820. The van der Waals surface area contributed by atoms with Gasteiger partial charge in [-0.3, -0.25) is 4.79 Å². The van der Waals surface area contributed by atoms with Crippen molar-refractivity contribution in [2.24, 2.45) is 5.92 Å². The van der Waals surface area contributed by atoms with Crippen LogP contribution in [0.4, 0.5) is 13.2 Å². The molecule has 0 heterocycles. The molecule has 1 amide bonds. The van der Waals surface area contributed by atoms with Gasteiger partial charge in [-0.05, 0) is 5.92 Å². The first-order chi connectivity index (χ1) is 6.81. The number of rotatable bonds is 6. The van der Waals surface area contributed by atoms with Crippen LogP contribution in [-0.2, 0) is 9.63 Å². The zero-order chi connectivity index (χ0) is 11.9. The first kappa shape index (κ1) is 14.2. The van der Waals surface area contributed by atoms with E-state index in [1.54, 1.807) is 5.32 Å². The lowest BCUT2D eigenvalue weighted by Gasteiger charge is -2.09. The van der Waals surface area contributed by atoms with Gasteiger partial charge in [-0.15, -0.1) is 0 Å². The van der Waals surface area contributed by atoms with Crippen LogP contribution in [0.5, 0.6) is 0 Å². The van der Waals surface area contributed by atoms with Gasteiger partial charge in [-0.2, -0.15) is 18.7 Å². The lowest BCUT2D eigenvalue weighted by Crippen LogP contribution is -2.39. The van der Waals surface area contributed by atoms with Crippen molar-refractivity contribution >= 4 is 5.91 Å². The van der Waals surface area contributed by atoms with Gasteiger partial charge in [0.05, 0.1) is 13.2 Å². The van der Waals surface area contributed by atoms with Gasteiger partial charge in [0.2, 0.25) is 5.91 Å². The lowest BCUT2D eigenvalue weighted by molar-refractivity contribution is -0.139. The molecule has 0 rings (SSSR count). The molecular weight excluding hydrogens is 213 g/mol. The van der Waals surface area contributed by atoms with Gasteiger partial charge in [-0.25, -0.2) is 0 Å². The van der Waals surface area contributed by atoms with Crippen LogP contribution in [-0.4, -0.2) is 31.8 Å². The van der Waals surface area contributed by atoms with Crippen molar-refractivity contribution in [3.05, 3.63) is 0 Å². The minimum atomic E-state index is -4.38. The van der Waals surface area contributed by atoms with Crippen LogP contribution in [0.3, 0.4) is 0 Å². The largest absolute Gasteiger partial charge is 0.405 e. The zero-order valence-electron chi connectivity index (χ0n) is 8.65. The standard InChI is InChI=1S/C8H15F3N2O2/c1-6(2)4-15-13-3-7(14)12-5-8(9,10)11/h6,13H,3-5H2,1-2H3,(H,12,14). The molecule has 0 saturated carbocycles. The molecule has 0 saturated heterocycles. The van der Waals surface area contributed by atoms with Crippen LogP contribution in [0, 0.1) is 5.92 Å². The third kappa shape index (κ3) is 11.1. The van der Waals surface area contributed by atoms with E-state index < -0.39 is 18.6 Å². The fourth-order valence-corrected chi connectivity index (χ4v) is 0.603. The highest BCUT2D eigenvalue weighted by atomic mass is 19.4. The second-order valence-electron chi connectivity index (χ2n) is 3.42. The van der Waals surface area contributed by atoms with E-state index >= 15 is 0 Å². The molecule has 0 aromatic carbocycles. The summed E-state index contributed by atoms with van der Waals surface area (Å²) in [4.78, 5) is 15.6. The Morgan fingerprint density at radius 2 is 2.00 bits per heavy atom. The van der Waals surface area contributed by atoms with Crippen LogP contribution >= 0.6 is 0 Å². The Labute approximate surface area is 86.1 Å². The molecule has 0 unspecified atom stereocenters. The first-order valence-corrected chi connectivity index (χ1v) is 4.49. The van der Waals surface area contributed by atoms with E-state index in [-0.39, 0.29) is 12.5 Å². The minimum absolute atomic E-state index is 0.288. The minimum Gasteiger partial charge on any atom is -0.346 e. The molecule has 0 radical (unpaired) electrons. The second-order valence-corrected chi connectivity index (χ2v) is 3.42. The van der Waals surface area contributed by atoms with Gasteiger partial charge >= 0.3 is 6.18 Å². The molecule has 0 aromatic heterocycles. The number of nitrogens with one attached hydrogen (secondary N) is 2. The fraction of sp³-hybridized carbons (Fsp3) is 0.875. The molecular formula is C8H15F3N2O2. The topological polar surface area (TPSA) is 50.4 Å². The van der Waals surface area contributed by atoms with Crippen LogP contribution in [0.1, 0.15) is 13.8 Å². The lowest BCUT2D eigenvalue weighted by atomic mass is 10.2. The predicted molar refractivity (Wildman–Crippen MR) is 47.9 cm³/mol. The number of hydrogen-bond donors (Lipinski definition) is 2. The van der Waals surface area contributed by atoms with Gasteiger partial charge in [0.25, 0.3) is 0 Å². The van der Waals surface area contributed by atoms with Crippen molar-refractivity contribution in [1.82, 2.24) is 10.8 Å². The number of hydrogen-bond acceptors (Lipinski definition) is 3. The number of carbonyl (C=O) groups is 1. The van der Waals surface area contributed by atoms with Gasteiger partial charge in [0.1, 0.15) is 6.54 Å². The van der Waals surface area contributed by atoms with Crippen LogP contribution in [0.2, 0.25) is 0 Å². The van der Waals surface area contributed by atoms with Crippen molar-refractivity contribution in [2.45, 2.75) is 20.0 Å².